The number of ether oxygens (including phenoxy) is 1. The number of nitrogens with zero attached hydrogens (tertiary/aromatic N) is 1. The molecule has 24 heavy (non-hydrogen) atoms. The molecule has 0 radical (unpaired) electrons. The van der Waals surface area contributed by atoms with Crippen LogP contribution in [0.25, 0.3) is 0 Å². The maximum atomic E-state index is 12.2. The van der Waals surface area contributed by atoms with Crippen LogP contribution in [0.2, 0.25) is 0 Å². The third kappa shape index (κ3) is 7.47. The van der Waals surface area contributed by atoms with Crippen LogP contribution in [0.15, 0.2) is 24.3 Å². The highest BCUT2D eigenvalue weighted by Gasteiger charge is 2.31. The van der Waals surface area contributed by atoms with E-state index >= 15 is 0 Å². The maximum absolute atomic E-state index is 12.2. The molecule has 0 unspecified atom stereocenters. The van der Waals surface area contributed by atoms with Gasteiger partial charge in [0.25, 0.3) is 0 Å². The van der Waals surface area contributed by atoms with E-state index in [1.807, 2.05) is 0 Å². The number of piperazine rings is 1. The van der Waals surface area contributed by atoms with Gasteiger partial charge in [-0.2, -0.15) is 0 Å². The minimum Gasteiger partial charge on any atom is -0.406 e. The number of alkyl halides is 3. The fourth-order valence-corrected chi connectivity index (χ4v) is 2.83. The van der Waals surface area contributed by atoms with Crippen molar-refractivity contribution < 1.29 is 17.9 Å². The molecule has 1 saturated heterocycles. The highest BCUT2D eigenvalue weighted by molar-refractivity contribution is 5.85. The fourth-order valence-electron chi connectivity index (χ4n) is 2.83. The topological polar surface area (TPSA) is 24.5 Å². The molecule has 1 aromatic rings. The minimum absolute atomic E-state index is 0. The lowest BCUT2D eigenvalue weighted by atomic mass is 9.95. The van der Waals surface area contributed by atoms with Crippen molar-refractivity contribution in [3.63, 3.8) is 0 Å². The SMILES string of the molecule is CC(C)C[C@@H](c1ccc(OC(F)(F)F)cc1)N1CCNCC1.Cl.Cl. The van der Waals surface area contributed by atoms with Crippen molar-refractivity contribution in [3.8, 4) is 5.75 Å². The monoisotopic (exact) mass is 388 g/mol. The molecule has 0 aromatic heterocycles. The van der Waals surface area contributed by atoms with Crippen LogP contribution in [-0.4, -0.2) is 37.4 Å². The Morgan fingerprint density at radius 3 is 2.08 bits per heavy atom. The Labute approximate surface area is 153 Å². The van der Waals surface area contributed by atoms with Gasteiger partial charge in [0.15, 0.2) is 0 Å². The third-order valence-corrected chi connectivity index (χ3v) is 3.79. The molecule has 0 aliphatic carbocycles. The first-order chi connectivity index (χ1) is 10.3. The summed E-state index contributed by atoms with van der Waals surface area (Å²) < 4.78 is 40.6. The molecular formula is C16H25Cl2F3N2O. The molecular weight excluding hydrogens is 364 g/mol. The Balaban J connectivity index is 0.00000264. The molecule has 2 rings (SSSR count). The summed E-state index contributed by atoms with van der Waals surface area (Å²) >= 11 is 0. The van der Waals surface area contributed by atoms with Crippen LogP contribution in [0, 0.1) is 5.92 Å². The Bertz CT molecular complexity index is 463. The standard InChI is InChI=1S/C16H23F3N2O.2ClH/c1-12(2)11-15(21-9-7-20-8-10-21)13-3-5-14(6-4-13)22-16(17,18)19;;/h3-6,12,15,20H,7-11H2,1-2H3;2*1H/t15-;;/m0../s1. The Morgan fingerprint density at radius 1 is 1.08 bits per heavy atom. The van der Waals surface area contributed by atoms with Gasteiger partial charge in [0, 0.05) is 32.2 Å². The fraction of sp³-hybridized carbons (Fsp3) is 0.625. The maximum Gasteiger partial charge on any atom is 0.573 e. The van der Waals surface area contributed by atoms with E-state index in [1.165, 1.54) is 12.1 Å². The number of hydrogen-bond acceptors (Lipinski definition) is 3. The van der Waals surface area contributed by atoms with Gasteiger partial charge in [-0.1, -0.05) is 26.0 Å². The molecule has 140 valence electrons. The largest absolute Gasteiger partial charge is 0.573 e. The zero-order chi connectivity index (χ0) is 16.2. The summed E-state index contributed by atoms with van der Waals surface area (Å²) in [7, 11) is 0. The molecule has 1 aliphatic heterocycles. The quantitative estimate of drug-likeness (QED) is 0.807. The third-order valence-electron chi connectivity index (χ3n) is 3.79. The zero-order valence-corrected chi connectivity index (χ0v) is 15.4. The normalized spacial score (nSPS) is 16.9. The van der Waals surface area contributed by atoms with Crippen molar-refractivity contribution in [2.75, 3.05) is 26.2 Å². The molecule has 1 heterocycles. The summed E-state index contributed by atoms with van der Waals surface area (Å²) in [6.45, 7) is 8.14. The molecule has 0 bridgehead atoms. The number of rotatable bonds is 5. The highest BCUT2D eigenvalue weighted by Crippen LogP contribution is 2.30. The molecule has 1 N–H and O–H groups in total. The number of hydrogen-bond donors (Lipinski definition) is 1. The van der Waals surface area contributed by atoms with E-state index in [0.717, 1.165) is 38.2 Å². The van der Waals surface area contributed by atoms with Gasteiger partial charge in [-0.15, -0.1) is 38.0 Å². The first kappa shape index (κ1) is 23.3. The van der Waals surface area contributed by atoms with Gasteiger partial charge in [-0.25, -0.2) is 0 Å². The Hall–Kier alpha value is -0.690. The number of halogens is 5. The first-order valence-electron chi connectivity index (χ1n) is 7.65. The van der Waals surface area contributed by atoms with E-state index in [4.69, 9.17) is 0 Å². The van der Waals surface area contributed by atoms with Gasteiger partial charge in [0.05, 0.1) is 0 Å². The molecule has 0 saturated carbocycles. The lowest BCUT2D eigenvalue weighted by Gasteiger charge is -2.36. The minimum atomic E-state index is -4.64. The summed E-state index contributed by atoms with van der Waals surface area (Å²) in [6, 6.07) is 6.53. The molecule has 3 nitrogen and oxygen atoms in total. The average molecular weight is 389 g/mol. The predicted molar refractivity (Wildman–Crippen MR) is 94.3 cm³/mol. The summed E-state index contributed by atoms with van der Waals surface area (Å²) in [4.78, 5) is 2.40. The molecule has 1 fully saturated rings. The van der Waals surface area contributed by atoms with Crippen LogP contribution >= 0.6 is 24.8 Å². The summed E-state index contributed by atoms with van der Waals surface area (Å²) in [6.07, 6.45) is -3.66. The van der Waals surface area contributed by atoms with Crippen LogP contribution < -0.4 is 10.1 Å². The van der Waals surface area contributed by atoms with Crippen molar-refractivity contribution >= 4 is 24.8 Å². The van der Waals surface area contributed by atoms with E-state index in [2.05, 4.69) is 28.8 Å². The molecule has 1 aliphatic rings. The van der Waals surface area contributed by atoms with Crippen LogP contribution in [-0.2, 0) is 0 Å². The zero-order valence-electron chi connectivity index (χ0n) is 13.8. The second-order valence-electron chi connectivity index (χ2n) is 6.05. The van der Waals surface area contributed by atoms with Gasteiger partial charge in [-0.05, 0) is 30.0 Å². The Morgan fingerprint density at radius 2 is 1.62 bits per heavy atom. The van der Waals surface area contributed by atoms with E-state index in [0.29, 0.717) is 5.92 Å². The second-order valence-corrected chi connectivity index (χ2v) is 6.05. The van der Waals surface area contributed by atoms with Gasteiger partial charge in [-0.3, -0.25) is 4.90 Å². The average Bonchev–Trinajstić information content (AvgIpc) is 2.45. The molecule has 8 heteroatoms. The van der Waals surface area contributed by atoms with Gasteiger partial charge < -0.3 is 10.1 Å². The molecule has 0 amide bonds. The summed E-state index contributed by atoms with van der Waals surface area (Å²) in [5.74, 6) is 0.353. The van der Waals surface area contributed by atoms with Crippen LogP contribution in [0.1, 0.15) is 31.9 Å². The van der Waals surface area contributed by atoms with Gasteiger partial charge in [0.1, 0.15) is 5.75 Å². The first-order valence-corrected chi connectivity index (χ1v) is 7.65. The lowest BCUT2D eigenvalue weighted by molar-refractivity contribution is -0.274. The summed E-state index contributed by atoms with van der Waals surface area (Å²) in [5.41, 5.74) is 1.05. The number of benzene rings is 1. The van der Waals surface area contributed by atoms with Crippen molar-refractivity contribution in [2.24, 2.45) is 5.92 Å². The van der Waals surface area contributed by atoms with Crippen molar-refractivity contribution in [2.45, 2.75) is 32.7 Å². The van der Waals surface area contributed by atoms with Crippen molar-refractivity contribution in [3.05, 3.63) is 29.8 Å². The smallest absolute Gasteiger partial charge is 0.406 e. The van der Waals surface area contributed by atoms with Crippen molar-refractivity contribution in [1.29, 1.82) is 0 Å². The van der Waals surface area contributed by atoms with Crippen LogP contribution in [0.3, 0.4) is 0 Å². The van der Waals surface area contributed by atoms with Crippen molar-refractivity contribution in [1.82, 2.24) is 10.2 Å². The van der Waals surface area contributed by atoms with E-state index in [9.17, 15) is 13.2 Å². The second kappa shape index (κ2) is 10.3. The van der Waals surface area contributed by atoms with E-state index < -0.39 is 6.36 Å². The van der Waals surface area contributed by atoms with E-state index in [-0.39, 0.29) is 36.6 Å². The molecule has 1 aromatic carbocycles. The summed E-state index contributed by atoms with van der Waals surface area (Å²) in [5, 5.41) is 3.32. The van der Waals surface area contributed by atoms with Gasteiger partial charge >= 0.3 is 6.36 Å². The van der Waals surface area contributed by atoms with Crippen LogP contribution in [0.5, 0.6) is 5.75 Å². The Kier molecular flexibility index (Phi) is 10.0. The van der Waals surface area contributed by atoms with Crippen LogP contribution in [0.4, 0.5) is 13.2 Å². The lowest BCUT2D eigenvalue weighted by Crippen LogP contribution is -2.45. The highest BCUT2D eigenvalue weighted by atomic mass is 35.5. The van der Waals surface area contributed by atoms with Gasteiger partial charge in [0.2, 0.25) is 0 Å². The van der Waals surface area contributed by atoms with E-state index in [1.54, 1.807) is 12.1 Å². The molecule has 1 atom stereocenters. The predicted octanol–water partition coefficient (Wildman–Crippen LogP) is 4.42. The molecule has 0 spiro atoms. The number of nitrogens with one attached hydrogen (secondary N) is 1.